The first-order chi connectivity index (χ1) is 14.4. The molecule has 3 heterocycles. The number of amides is 2. The summed E-state index contributed by atoms with van der Waals surface area (Å²) in [6, 6.07) is 6.30. The number of aromatic nitrogens is 2. The molecule has 0 aliphatic carbocycles. The molecule has 0 radical (unpaired) electrons. The third-order valence-corrected chi connectivity index (χ3v) is 5.38. The number of carbonyl (C=O) groups excluding carboxylic acids is 1. The number of hydrogen-bond donors (Lipinski definition) is 1. The normalized spacial score (nSPS) is 17.4. The Bertz CT molecular complexity index is 892. The average Bonchev–Trinajstić information content (AvgIpc) is 3.29. The summed E-state index contributed by atoms with van der Waals surface area (Å²) < 4.78 is 39.4. The van der Waals surface area contributed by atoms with E-state index in [1.165, 1.54) is 23.1 Å². The second kappa shape index (κ2) is 8.37. The minimum absolute atomic E-state index is 0.233. The van der Waals surface area contributed by atoms with Gasteiger partial charge in [0.2, 0.25) is 5.95 Å². The van der Waals surface area contributed by atoms with Crippen LogP contribution in [0.4, 0.5) is 35.4 Å². The Balaban J connectivity index is 1.37. The van der Waals surface area contributed by atoms with E-state index in [-0.39, 0.29) is 5.69 Å². The molecule has 0 atom stereocenters. The van der Waals surface area contributed by atoms with E-state index in [1.807, 2.05) is 6.07 Å². The number of carbonyl (C=O) groups is 1. The fourth-order valence-electron chi connectivity index (χ4n) is 3.76. The van der Waals surface area contributed by atoms with E-state index in [2.05, 4.69) is 25.1 Å². The zero-order valence-electron chi connectivity index (χ0n) is 16.4. The lowest BCUT2D eigenvalue weighted by molar-refractivity contribution is -0.136. The predicted molar refractivity (Wildman–Crippen MR) is 108 cm³/mol. The Morgan fingerprint density at radius 2 is 1.63 bits per heavy atom. The smallest absolute Gasteiger partial charge is 0.353 e. The van der Waals surface area contributed by atoms with Gasteiger partial charge in [-0.15, -0.1) is 0 Å². The molecular formula is C20H23F3N6O. The lowest BCUT2D eigenvalue weighted by Crippen LogP contribution is -2.50. The molecule has 2 aliphatic heterocycles. The summed E-state index contributed by atoms with van der Waals surface area (Å²) in [5.41, 5.74) is -1.09. The number of hydrogen-bond acceptors (Lipinski definition) is 5. The van der Waals surface area contributed by atoms with Crippen LogP contribution in [0.1, 0.15) is 18.4 Å². The fourth-order valence-corrected chi connectivity index (χ4v) is 3.76. The summed E-state index contributed by atoms with van der Waals surface area (Å²) in [7, 11) is 0. The molecule has 1 aromatic heterocycles. The minimum Gasteiger partial charge on any atom is -0.353 e. The highest BCUT2D eigenvalue weighted by Crippen LogP contribution is 2.34. The van der Waals surface area contributed by atoms with E-state index in [1.54, 1.807) is 6.20 Å². The van der Waals surface area contributed by atoms with Crippen LogP contribution in [-0.2, 0) is 6.18 Å². The van der Waals surface area contributed by atoms with Crippen molar-refractivity contribution in [2.45, 2.75) is 19.0 Å². The average molecular weight is 420 g/mol. The van der Waals surface area contributed by atoms with Gasteiger partial charge >= 0.3 is 12.2 Å². The molecule has 4 rings (SSSR count). The minimum atomic E-state index is -4.53. The summed E-state index contributed by atoms with van der Waals surface area (Å²) in [4.78, 5) is 27.3. The zero-order valence-corrected chi connectivity index (χ0v) is 16.4. The van der Waals surface area contributed by atoms with Crippen molar-refractivity contribution in [1.29, 1.82) is 0 Å². The van der Waals surface area contributed by atoms with Crippen LogP contribution in [0.5, 0.6) is 0 Å². The Morgan fingerprint density at radius 1 is 0.933 bits per heavy atom. The van der Waals surface area contributed by atoms with E-state index >= 15 is 0 Å². The number of nitrogens with one attached hydrogen (secondary N) is 1. The monoisotopic (exact) mass is 420 g/mol. The molecule has 2 fully saturated rings. The molecule has 160 valence electrons. The van der Waals surface area contributed by atoms with Gasteiger partial charge in [0.15, 0.2) is 0 Å². The molecule has 30 heavy (non-hydrogen) atoms. The molecule has 0 bridgehead atoms. The van der Waals surface area contributed by atoms with Gasteiger partial charge in [0, 0.05) is 45.5 Å². The summed E-state index contributed by atoms with van der Waals surface area (Å²) >= 11 is 0. The fraction of sp³-hybridized carbons (Fsp3) is 0.450. The number of piperazine rings is 1. The van der Waals surface area contributed by atoms with Gasteiger partial charge in [0.1, 0.15) is 5.82 Å². The van der Waals surface area contributed by atoms with Gasteiger partial charge in [-0.2, -0.15) is 18.2 Å². The van der Waals surface area contributed by atoms with Crippen LogP contribution in [0.15, 0.2) is 36.5 Å². The SMILES string of the molecule is O=C(Nc1ccccc1C(F)(F)F)N1CCN(c2ccnc(N3CCCC3)n2)CC1. The number of urea groups is 1. The Hall–Kier alpha value is -3.04. The first-order valence-corrected chi connectivity index (χ1v) is 9.97. The van der Waals surface area contributed by atoms with Crippen molar-refractivity contribution < 1.29 is 18.0 Å². The summed E-state index contributed by atoms with van der Waals surface area (Å²) in [5, 5.41) is 2.40. The van der Waals surface area contributed by atoms with E-state index in [9.17, 15) is 18.0 Å². The second-order valence-electron chi connectivity index (χ2n) is 7.36. The van der Waals surface area contributed by atoms with Crippen LogP contribution in [0.2, 0.25) is 0 Å². The van der Waals surface area contributed by atoms with Gasteiger partial charge in [0.05, 0.1) is 11.3 Å². The molecule has 1 N–H and O–H groups in total. The van der Waals surface area contributed by atoms with Crippen LogP contribution in [0.3, 0.4) is 0 Å². The number of halogens is 3. The summed E-state index contributed by atoms with van der Waals surface area (Å²) in [6.07, 6.45) is -0.510. The molecule has 2 aliphatic rings. The molecular weight excluding hydrogens is 397 g/mol. The van der Waals surface area contributed by atoms with Gasteiger partial charge in [-0.3, -0.25) is 0 Å². The van der Waals surface area contributed by atoms with Crippen molar-refractivity contribution >= 4 is 23.5 Å². The van der Waals surface area contributed by atoms with Gasteiger partial charge in [0.25, 0.3) is 0 Å². The highest BCUT2D eigenvalue weighted by atomic mass is 19.4. The first kappa shape index (κ1) is 20.2. The van der Waals surface area contributed by atoms with Gasteiger partial charge in [-0.25, -0.2) is 9.78 Å². The lowest BCUT2D eigenvalue weighted by atomic mass is 10.1. The summed E-state index contributed by atoms with van der Waals surface area (Å²) in [6.45, 7) is 3.79. The Labute approximate surface area is 172 Å². The van der Waals surface area contributed by atoms with Crippen LogP contribution in [0.25, 0.3) is 0 Å². The standard InChI is InChI=1S/C20H23F3N6O/c21-20(22,23)15-5-1-2-6-16(15)25-19(30)29-13-11-27(12-14-29)17-7-8-24-18(26-17)28-9-3-4-10-28/h1-2,5-8H,3-4,9-14H2,(H,25,30). The second-order valence-corrected chi connectivity index (χ2v) is 7.36. The molecule has 0 saturated carbocycles. The molecule has 0 unspecified atom stereocenters. The van der Waals surface area contributed by atoms with Crippen molar-refractivity contribution in [3.05, 3.63) is 42.1 Å². The maximum Gasteiger partial charge on any atom is 0.418 e. The maximum atomic E-state index is 13.1. The number of alkyl halides is 3. The van der Waals surface area contributed by atoms with Crippen LogP contribution in [-0.4, -0.2) is 60.2 Å². The van der Waals surface area contributed by atoms with Crippen LogP contribution < -0.4 is 15.1 Å². The van der Waals surface area contributed by atoms with E-state index in [0.29, 0.717) is 32.1 Å². The predicted octanol–water partition coefficient (Wildman–Crippen LogP) is 3.45. The molecule has 10 heteroatoms. The quantitative estimate of drug-likeness (QED) is 0.824. The molecule has 0 spiro atoms. The van der Waals surface area contributed by atoms with Gasteiger partial charge in [-0.1, -0.05) is 12.1 Å². The third-order valence-electron chi connectivity index (χ3n) is 5.38. The molecule has 2 amide bonds. The zero-order chi connectivity index (χ0) is 21.1. The lowest BCUT2D eigenvalue weighted by Gasteiger charge is -2.35. The van der Waals surface area contributed by atoms with Crippen molar-refractivity contribution in [3.63, 3.8) is 0 Å². The number of para-hydroxylation sites is 1. The van der Waals surface area contributed by atoms with Crippen molar-refractivity contribution in [1.82, 2.24) is 14.9 Å². The van der Waals surface area contributed by atoms with Gasteiger partial charge < -0.3 is 20.0 Å². The number of rotatable bonds is 3. The van der Waals surface area contributed by atoms with Gasteiger partial charge in [-0.05, 0) is 31.0 Å². The van der Waals surface area contributed by atoms with Crippen molar-refractivity contribution in [3.8, 4) is 0 Å². The van der Waals surface area contributed by atoms with Crippen molar-refractivity contribution in [2.75, 3.05) is 54.4 Å². The molecule has 1 aromatic carbocycles. The van der Waals surface area contributed by atoms with Crippen LogP contribution in [0, 0.1) is 0 Å². The van der Waals surface area contributed by atoms with E-state index < -0.39 is 17.8 Å². The van der Waals surface area contributed by atoms with E-state index in [0.717, 1.165) is 37.8 Å². The largest absolute Gasteiger partial charge is 0.418 e. The Kier molecular flexibility index (Phi) is 5.65. The van der Waals surface area contributed by atoms with Crippen LogP contribution >= 0.6 is 0 Å². The van der Waals surface area contributed by atoms with E-state index in [4.69, 9.17) is 0 Å². The molecule has 2 aromatic rings. The van der Waals surface area contributed by atoms with Crippen molar-refractivity contribution in [2.24, 2.45) is 0 Å². The molecule has 7 nitrogen and oxygen atoms in total. The highest BCUT2D eigenvalue weighted by molar-refractivity contribution is 5.90. The molecule has 2 saturated heterocycles. The topological polar surface area (TPSA) is 64.6 Å². The number of nitrogens with zero attached hydrogens (tertiary/aromatic N) is 5. The number of anilines is 3. The first-order valence-electron chi connectivity index (χ1n) is 9.97. The Morgan fingerprint density at radius 3 is 2.33 bits per heavy atom. The highest BCUT2D eigenvalue weighted by Gasteiger charge is 2.34. The third kappa shape index (κ3) is 4.42. The number of benzene rings is 1. The maximum absolute atomic E-state index is 13.1. The summed E-state index contributed by atoms with van der Waals surface area (Å²) in [5.74, 6) is 1.52.